The standard InChI is InChI=1S/C13H17N3O4/c1-20-9-12(18)15-2-4-16(5-3-15)13(19)10-6-11(17)8-14-7-10/h6-8,17H,2-5,9H2,1H3. The summed E-state index contributed by atoms with van der Waals surface area (Å²) >= 11 is 0. The highest BCUT2D eigenvalue weighted by Crippen LogP contribution is 2.12. The second kappa shape index (κ2) is 6.33. The van der Waals surface area contributed by atoms with E-state index >= 15 is 0 Å². The van der Waals surface area contributed by atoms with Crippen LogP contribution in [-0.4, -0.2) is 71.6 Å². The van der Waals surface area contributed by atoms with Gasteiger partial charge in [-0.3, -0.25) is 14.6 Å². The Hall–Kier alpha value is -2.15. The molecule has 0 unspecified atom stereocenters. The maximum Gasteiger partial charge on any atom is 0.255 e. The van der Waals surface area contributed by atoms with E-state index in [0.29, 0.717) is 31.7 Å². The lowest BCUT2D eigenvalue weighted by molar-refractivity contribution is -0.136. The van der Waals surface area contributed by atoms with Gasteiger partial charge in [-0.2, -0.15) is 0 Å². The Balaban J connectivity index is 1.93. The Bertz CT molecular complexity index is 498. The van der Waals surface area contributed by atoms with Crippen molar-refractivity contribution in [3.8, 4) is 5.75 Å². The van der Waals surface area contributed by atoms with Gasteiger partial charge >= 0.3 is 0 Å². The van der Waals surface area contributed by atoms with Crippen molar-refractivity contribution >= 4 is 11.8 Å². The quantitative estimate of drug-likeness (QED) is 0.822. The Labute approximate surface area is 116 Å². The number of methoxy groups -OCH3 is 1. The summed E-state index contributed by atoms with van der Waals surface area (Å²) in [6.45, 7) is 1.96. The highest BCUT2D eigenvalue weighted by molar-refractivity contribution is 5.94. The van der Waals surface area contributed by atoms with Crippen LogP contribution in [0.1, 0.15) is 10.4 Å². The molecule has 1 aliphatic heterocycles. The number of nitrogens with zero attached hydrogens (tertiary/aromatic N) is 3. The molecule has 1 saturated heterocycles. The Morgan fingerprint density at radius 2 is 1.90 bits per heavy atom. The summed E-state index contributed by atoms with van der Waals surface area (Å²) in [5.41, 5.74) is 0.349. The van der Waals surface area contributed by atoms with Crippen LogP contribution in [0.5, 0.6) is 5.75 Å². The van der Waals surface area contributed by atoms with E-state index in [1.165, 1.54) is 25.6 Å². The summed E-state index contributed by atoms with van der Waals surface area (Å²) in [4.78, 5) is 31.0. The van der Waals surface area contributed by atoms with E-state index in [9.17, 15) is 14.7 Å². The molecular weight excluding hydrogens is 262 g/mol. The molecule has 0 atom stereocenters. The zero-order valence-corrected chi connectivity index (χ0v) is 11.3. The van der Waals surface area contributed by atoms with E-state index < -0.39 is 0 Å². The van der Waals surface area contributed by atoms with Gasteiger partial charge in [-0.1, -0.05) is 0 Å². The molecule has 0 spiro atoms. The van der Waals surface area contributed by atoms with Crippen LogP contribution in [0, 0.1) is 0 Å². The summed E-state index contributed by atoms with van der Waals surface area (Å²) < 4.78 is 4.81. The number of piperazine rings is 1. The van der Waals surface area contributed by atoms with Crippen molar-refractivity contribution in [2.75, 3.05) is 39.9 Å². The molecule has 1 aromatic rings. The summed E-state index contributed by atoms with van der Waals surface area (Å²) in [6, 6.07) is 1.39. The third kappa shape index (κ3) is 3.24. The van der Waals surface area contributed by atoms with Crippen molar-refractivity contribution < 1.29 is 19.4 Å². The predicted octanol–water partition coefficient (Wildman–Crippen LogP) is -0.282. The number of amides is 2. The lowest BCUT2D eigenvalue weighted by atomic mass is 10.2. The average molecular weight is 279 g/mol. The van der Waals surface area contributed by atoms with Gasteiger partial charge in [0.05, 0.1) is 11.8 Å². The van der Waals surface area contributed by atoms with Gasteiger partial charge in [-0.05, 0) is 6.07 Å². The van der Waals surface area contributed by atoms with Crippen LogP contribution < -0.4 is 0 Å². The number of carbonyl (C=O) groups is 2. The maximum absolute atomic E-state index is 12.2. The van der Waals surface area contributed by atoms with Gasteiger partial charge in [-0.25, -0.2) is 0 Å². The lowest BCUT2D eigenvalue weighted by Crippen LogP contribution is -2.51. The molecule has 1 aliphatic rings. The first-order chi connectivity index (χ1) is 9.61. The molecule has 108 valence electrons. The van der Waals surface area contributed by atoms with Crippen molar-refractivity contribution in [1.29, 1.82) is 0 Å². The van der Waals surface area contributed by atoms with Crippen LogP contribution >= 0.6 is 0 Å². The predicted molar refractivity (Wildman–Crippen MR) is 70.3 cm³/mol. The molecule has 0 aromatic carbocycles. The Morgan fingerprint density at radius 1 is 1.25 bits per heavy atom. The van der Waals surface area contributed by atoms with Crippen LogP contribution in [0.2, 0.25) is 0 Å². The molecule has 7 nitrogen and oxygen atoms in total. The van der Waals surface area contributed by atoms with Crippen molar-refractivity contribution in [3.63, 3.8) is 0 Å². The Kier molecular flexibility index (Phi) is 4.52. The normalized spacial score (nSPS) is 15.2. The number of rotatable bonds is 3. The van der Waals surface area contributed by atoms with Gasteiger partial charge in [0.2, 0.25) is 5.91 Å². The van der Waals surface area contributed by atoms with Crippen LogP contribution in [-0.2, 0) is 9.53 Å². The first-order valence-corrected chi connectivity index (χ1v) is 6.32. The largest absolute Gasteiger partial charge is 0.506 e. The SMILES string of the molecule is COCC(=O)N1CCN(C(=O)c2cncc(O)c2)CC1. The fourth-order valence-corrected chi connectivity index (χ4v) is 2.10. The van der Waals surface area contributed by atoms with Gasteiger partial charge < -0.3 is 19.6 Å². The van der Waals surface area contributed by atoms with Gasteiger partial charge in [-0.15, -0.1) is 0 Å². The summed E-state index contributed by atoms with van der Waals surface area (Å²) in [5, 5.41) is 9.33. The fourth-order valence-electron chi connectivity index (χ4n) is 2.10. The van der Waals surface area contributed by atoms with Gasteiger partial charge in [0.15, 0.2) is 0 Å². The molecule has 2 heterocycles. The van der Waals surface area contributed by atoms with Crippen molar-refractivity contribution in [1.82, 2.24) is 14.8 Å². The maximum atomic E-state index is 12.2. The summed E-state index contributed by atoms with van der Waals surface area (Å²) in [7, 11) is 1.48. The van der Waals surface area contributed by atoms with E-state index in [2.05, 4.69) is 4.98 Å². The topological polar surface area (TPSA) is 83.0 Å². The molecule has 1 N–H and O–H groups in total. The molecule has 0 radical (unpaired) electrons. The molecule has 20 heavy (non-hydrogen) atoms. The molecule has 2 rings (SSSR count). The number of hydrogen-bond donors (Lipinski definition) is 1. The second-order valence-corrected chi connectivity index (χ2v) is 4.54. The number of ether oxygens (including phenoxy) is 1. The highest BCUT2D eigenvalue weighted by Gasteiger charge is 2.24. The minimum Gasteiger partial charge on any atom is -0.506 e. The molecule has 1 aromatic heterocycles. The van der Waals surface area contributed by atoms with E-state index in [-0.39, 0.29) is 24.2 Å². The zero-order valence-electron chi connectivity index (χ0n) is 11.3. The Morgan fingerprint density at radius 3 is 2.50 bits per heavy atom. The minimum atomic E-state index is -0.188. The smallest absolute Gasteiger partial charge is 0.255 e. The van der Waals surface area contributed by atoms with Crippen LogP contribution in [0.25, 0.3) is 0 Å². The first kappa shape index (κ1) is 14.3. The summed E-state index contributed by atoms with van der Waals surface area (Å²) in [5.74, 6) is -0.296. The van der Waals surface area contributed by atoms with E-state index in [1.807, 2.05) is 0 Å². The van der Waals surface area contributed by atoms with Crippen LogP contribution in [0.4, 0.5) is 0 Å². The van der Waals surface area contributed by atoms with Gasteiger partial charge in [0, 0.05) is 39.5 Å². The van der Waals surface area contributed by atoms with Gasteiger partial charge in [0.25, 0.3) is 5.91 Å². The monoisotopic (exact) mass is 279 g/mol. The van der Waals surface area contributed by atoms with E-state index in [4.69, 9.17) is 4.74 Å². The van der Waals surface area contributed by atoms with E-state index in [1.54, 1.807) is 9.80 Å². The molecule has 7 heteroatoms. The number of hydrogen-bond acceptors (Lipinski definition) is 5. The van der Waals surface area contributed by atoms with Crippen molar-refractivity contribution in [3.05, 3.63) is 24.0 Å². The molecule has 0 aliphatic carbocycles. The minimum absolute atomic E-state index is 0.0373. The molecule has 0 saturated carbocycles. The molecular formula is C13H17N3O4. The van der Waals surface area contributed by atoms with Gasteiger partial charge in [0.1, 0.15) is 12.4 Å². The molecule has 0 bridgehead atoms. The summed E-state index contributed by atoms with van der Waals surface area (Å²) in [6.07, 6.45) is 2.70. The number of pyridine rings is 1. The van der Waals surface area contributed by atoms with Crippen molar-refractivity contribution in [2.24, 2.45) is 0 Å². The second-order valence-electron chi connectivity index (χ2n) is 4.54. The number of aromatic nitrogens is 1. The molecule has 1 fully saturated rings. The number of aromatic hydroxyl groups is 1. The third-order valence-corrected chi connectivity index (χ3v) is 3.16. The van der Waals surface area contributed by atoms with Crippen LogP contribution in [0.15, 0.2) is 18.5 Å². The van der Waals surface area contributed by atoms with E-state index in [0.717, 1.165) is 0 Å². The van der Waals surface area contributed by atoms with Crippen molar-refractivity contribution in [2.45, 2.75) is 0 Å². The third-order valence-electron chi connectivity index (χ3n) is 3.16. The molecule has 2 amide bonds. The van der Waals surface area contributed by atoms with Crippen LogP contribution in [0.3, 0.4) is 0 Å². The fraction of sp³-hybridized carbons (Fsp3) is 0.462. The first-order valence-electron chi connectivity index (χ1n) is 6.32. The average Bonchev–Trinajstić information content (AvgIpc) is 2.47. The zero-order chi connectivity index (χ0) is 14.5. The highest BCUT2D eigenvalue weighted by atomic mass is 16.5. The number of carbonyl (C=O) groups excluding carboxylic acids is 2. The lowest BCUT2D eigenvalue weighted by Gasteiger charge is -2.34.